The molecule has 2 N–H and O–H groups in total. The molecule has 1 saturated heterocycles. The van der Waals surface area contributed by atoms with E-state index in [0.717, 1.165) is 23.0 Å². The molecule has 1 amide bonds. The molecule has 0 aliphatic carbocycles. The zero-order chi connectivity index (χ0) is 14.0. The van der Waals surface area contributed by atoms with Gasteiger partial charge in [-0.15, -0.1) is 0 Å². The van der Waals surface area contributed by atoms with Crippen molar-refractivity contribution < 1.29 is 4.79 Å². The first-order chi connectivity index (χ1) is 9.01. The van der Waals surface area contributed by atoms with Crippen molar-refractivity contribution in [2.45, 2.75) is 25.8 Å². The summed E-state index contributed by atoms with van der Waals surface area (Å²) in [5.41, 5.74) is 6.98. The number of hydrogen-bond donors (Lipinski definition) is 1. The molecule has 1 heterocycles. The molecule has 2 rings (SSSR count). The van der Waals surface area contributed by atoms with Crippen LogP contribution in [0.5, 0.6) is 0 Å². The molecule has 4 nitrogen and oxygen atoms in total. The minimum atomic E-state index is -0.243. The Morgan fingerprint density at radius 1 is 1.47 bits per heavy atom. The molecule has 1 aliphatic rings. The van der Waals surface area contributed by atoms with Gasteiger partial charge in [0, 0.05) is 22.7 Å². The number of carbonyl (C=O) groups excluding carboxylic acids is 1. The van der Waals surface area contributed by atoms with E-state index >= 15 is 0 Å². The molecular weight excluding hydrogens is 306 g/mol. The second-order valence-electron chi connectivity index (χ2n) is 4.99. The standard InChI is InChI=1S/C14H16BrN3O/c1-9-2-3-11(14(17)19)8-18(9)13-5-10(7-16)4-12(15)6-13/h4-6,9,11H,2-3,8H2,1H3,(H2,17,19). The lowest BCUT2D eigenvalue weighted by molar-refractivity contribution is -0.122. The van der Waals surface area contributed by atoms with Crippen LogP contribution in [0.3, 0.4) is 0 Å². The molecule has 0 radical (unpaired) electrons. The van der Waals surface area contributed by atoms with E-state index in [9.17, 15) is 4.79 Å². The van der Waals surface area contributed by atoms with E-state index in [1.807, 2.05) is 12.1 Å². The van der Waals surface area contributed by atoms with Crippen LogP contribution >= 0.6 is 15.9 Å². The van der Waals surface area contributed by atoms with E-state index in [2.05, 4.69) is 33.8 Å². The first-order valence-corrected chi connectivity index (χ1v) is 7.07. The lowest BCUT2D eigenvalue weighted by Crippen LogP contribution is -2.45. The zero-order valence-electron chi connectivity index (χ0n) is 10.8. The second-order valence-corrected chi connectivity index (χ2v) is 5.90. The highest BCUT2D eigenvalue weighted by molar-refractivity contribution is 9.10. The number of hydrogen-bond acceptors (Lipinski definition) is 3. The van der Waals surface area contributed by atoms with Crippen LogP contribution in [-0.4, -0.2) is 18.5 Å². The van der Waals surface area contributed by atoms with Crippen molar-refractivity contribution in [2.75, 3.05) is 11.4 Å². The van der Waals surface area contributed by atoms with E-state index in [0.29, 0.717) is 18.2 Å². The lowest BCUT2D eigenvalue weighted by Gasteiger charge is -2.38. The predicted octanol–water partition coefficient (Wildman–Crippen LogP) is 2.41. The summed E-state index contributed by atoms with van der Waals surface area (Å²) in [6.07, 6.45) is 1.77. The predicted molar refractivity (Wildman–Crippen MR) is 77.6 cm³/mol. The third-order valence-electron chi connectivity index (χ3n) is 3.63. The van der Waals surface area contributed by atoms with E-state index in [4.69, 9.17) is 11.0 Å². The van der Waals surface area contributed by atoms with Crippen LogP contribution in [0.15, 0.2) is 22.7 Å². The Morgan fingerprint density at radius 3 is 2.84 bits per heavy atom. The number of halogens is 1. The fraction of sp³-hybridized carbons (Fsp3) is 0.429. The highest BCUT2D eigenvalue weighted by Crippen LogP contribution is 2.30. The number of nitriles is 1. The molecule has 1 fully saturated rings. The molecule has 1 aliphatic heterocycles. The summed E-state index contributed by atoms with van der Waals surface area (Å²) in [7, 11) is 0. The number of carbonyl (C=O) groups is 1. The normalized spacial score (nSPS) is 22.9. The van der Waals surface area contributed by atoms with Crippen molar-refractivity contribution in [3.63, 3.8) is 0 Å². The van der Waals surface area contributed by atoms with Gasteiger partial charge in [-0.05, 0) is 38.0 Å². The van der Waals surface area contributed by atoms with E-state index < -0.39 is 0 Å². The first kappa shape index (κ1) is 13.9. The minimum Gasteiger partial charge on any atom is -0.369 e. The summed E-state index contributed by atoms with van der Waals surface area (Å²) < 4.78 is 0.870. The number of piperidine rings is 1. The van der Waals surface area contributed by atoms with Crippen LogP contribution in [0.1, 0.15) is 25.3 Å². The average Bonchev–Trinajstić information content (AvgIpc) is 2.38. The SMILES string of the molecule is CC1CCC(C(N)=O)CN1c1cc(Br)cc(C#N)c1. The van der Waals surface area contributed by atoms with E-state index in [1.54, 1.807) is 6.07 Å². The molecule has 0 saturated carbocycles. The molecule has 0 spiro atoms. The summed E-state index contributed by atoms with van der Waals surface area (Å²) in [6, 6.07) is 8.10. The molecule has 2 unspecified atom stereocenters. The Hall–Kier alpha value is -1.54. The van der Waals surface area contributed by atoms with Gasteiger partial charge in [0.1, 0.15) is 0 Å². The number of nitrogens with two attached hydrogens (primary N) is 1. The number of benzene rings is 1. The molecule has 0 bridgehead atoms. The van der Waals surface area contributed by atoms with Gasteiger partial charge in [-0.2, -0.15) is 5.26 Å². The molecule has 1 aromatic rings. The molecule has 1 aromatic carbocycles. The van der Waals surface area contributed by atoms with Gasteiger partial charge in [0.2, 0.25) is 5.91 Å². The van der Waals surface area contributed by atoms with Crippen molar-refractivity contribution in [2.24, 2.45) is 11.7 Å². The topological polar surface area (TPSA) is 70.1 Å². The third kappa shape index (κ3) is 3.07. The molecule has 5 heteroatoms. The smallest absolute Gasteiger partial charge is 0.222 e. The molecule has 2 atom stereocenters. The average molecular weight is 322 g/mol. The quantitative estimate of drug-likeness (QED) is 0.909. The van der Waals surface area contributed by atoms with E-state index in [-0.39, 0.29) is 11.8 Å². The van der Waals surface area contributed by atoms with Crippen LogP contribution in [0.4, 0.5) is 5.69 Å². The Bertz CT molecular complexity index is 538. The zero-order valence-corrected chi connectivity index (χ0v) is 12.4. The Morgan fingerprint density at radius 2 is 2.21 bits per heavy atom. The van der Waals surface area contributed by atoms with Crippen LogP contribution in [0.2, 0.25) is 0 Å². The highest BCUT2D eigenvalue weighted by Gasteiger charge is 2.29. The number of primary amides is 1. The summed E-state index contributed by atoms with van der Waals surface area (Å²) in [6.45, 7) is 2.75. The maximum Gasteiger partial charge on any atom is 0.222 e. The third-order valence-corrected chi connectivity index (χ3v) is 4.09. The van der Waals surface area contributed by atoms with E-state index in [1.165, 1.54) is 0 Å². The van der Waals surface area contributed by atoms with Gasteiger partial charge in [0.15, 0.2) is 0 Å². The fourth-order valence-corrected chi connectivity index (χ4v) is 2.98. The number of amides is 1. The summed E-state index contributed by atoms with van der Waals surface area (Å²) >= 11 is 3.41. The first-order valence-electron chi connectivity index (χ1n) is 6.28. The van der Waals surface area contributed by atoms with Crippen molar-refractivity contribution in [1.29, 1.82) is 5.26 Å². The van der Waals surface area contributed by atoms with Gasteiger partial charge in [-0.1, -0.05) is 15.9 Å². The Kier molecular flexibility index (Phi) is 4.11. The summed E-state index contributed by atoms with van der Waals surface area (Å²) in [5.74, 6) is -0.354. The van der Waals surface area contributed by atoms with Gasteiger partial charge >= 0.3 is 0 Å². The van der Waals surface area contributed by atoms with Crippen LogP contribution in [-0.2, 0) is 4.79 Å². The number of anilines is 1. The van der Waals surface area contributed by atoms with Gasteiger partial charge in [0.25, 0.3) is 0 Å². The van der Waals surface area contributed by atoms with Crippen LogP contribution < -0.4 is 10.6 Å². The summed E-state index contributed by atoms with van der Waals surface area (Å²) in [5, 5.41) is 9.03. The van der Waals surface area contributed by atoms with Crippen molar-refractivity contribution in [1.82, 2.24) is 0 Å². The largest absolute Gasteiger partial charge is 0.369 e. The van der Waals surface area contributed by atoms with Gasteiger partial charge in [-0.3, -0.25) is 4.79 Å². The maximum atomic E-state index is 11.4. The Balaban J connectivity index is 2.31. The van der Waals surface area contributed by atoms with Crippen LogP contribution in [0.25, 0.3) is 0 Å². The lowest BCUT2D eigenvalue weighted by atomic mass is 9.92. The highest BCUT2D eigenvalue weighted by atomic mass is 79.9. The van der Waals surface area contributed by atoms with Crippen molar-refractivity contribution in [3.8, 4) is 6.07 Å². The van der Waals surface area contributed by atoms with Crippen LogP contribution in [0, 0.1) is 17.2 Å². The second kappa shape index (κ2) is 5.62. The number of nitrogens with zero attached hydrogens (tertiary/aromatic N) is 2. The monoisotopic (exact) mass is 321 g/mol. The fourth-order valence-electron chi connectivity index (χ4n) is 2.50. The van der Waals surface area contributed by atoms with Crippen molar-refractivity contribution >= 4 is 27.5 Å². The molecule has 100 valence electrons. The molecule has 19 heavy (non-hydrogen) atoms. The summed E-state index contributed by atoms with van der Waals surface area (Å²) in [4.78, 5) is 13.5. The molecular formula is C14H16BrN3O. The Labute approximate surface area is 121 Å². The van der Waals surface area contributed by atoms with Gasteiger partial charge < -0.3 is 10.6 Å². The van der Waals surface area contributed by atoms with Crippen molar-refractivity contribution in [3.05, 3.63) is 28.2 Å². The minimum absolute atomic E-state index is 0.110. The molecule has 0 aromatic heterocycles. The maximum absolute atomic E-state index is 11.4. The van der Waals surface area contributed by atoms with Gasteiger partial charge in [0.05, 0.1) is 17.6 Å². The van der Waals surface area contributed by atoms with Gasteiger partial charge in [-0.25, -0.2) is 0 Å². The number of rotatable bonds is 2.